The van der Waals surface area contributed by atoms with Crippen LogP contribution < -0.4 is 0 Å². The van der Waals surface area contributed by atoms with Gasteiger partial charge in [0.05, 0.1) is 8.07 Å². The van der Waals surface area contributed by atoms with E-state index in [1.807, 2.05) is 0 Å². The Bertz CT molecular complexity index is 535. The molecule has 2 saturated carbocycles. The molecule has 0 bridgehead atoms. The molecule has 0 aromatic carbocycles. The summed E-state index contributed by atoms with van der Waals surface area (Å²) in [6.07, 6.45) is 22.1. The third kappa shape index (κ3) is 3.80. The summed E-state index contributed by atoms with van der Waals surface area (Å²) >= 11 is 0. The fourth-order valence-electron chi connectivity index (χ4n) is 7.18. The van der Waals surface area contributed by atoms with Crippen molar-refractivity contribution in [1.82, 2.24) is 0 Å². The molecule has 0 aromatic rings. The molecule has 0 N–H and O–H groups in total. The molecule has 0 aromatic heterocycles. The molecule has 0 saturated heterocycles. The van der Waals surface area contributed by atoms with Gasteiger partial charge in [0.15, 0.2) is 0 Å². The van der Waals surface area contributed by atoms with E-state index in [1.165, 1.54) is 12.8 Å². The molecule has 4 aliphatic carbocycles. The second-order valence-electron chi connectivity index (χ2n) is 9.32. The van der Waals surface area contributed by atoms with Crippen molar-refractivity contribution >= 4 is 8.07 Å². The maximum Gasteiger partial charge on any atom is 4.00 e. The van der Waals surface area contributed by atoms with Crippen LogP contribution in [0.2, 0.25) is 24.2 Å². The zero-order valence-electron chi connectivity index (χ0n) is 17.7. The predicted molar refractivity (Wildman–Crippen MR) is 116 cm³/mol. The summed E-state index contributed by atoms with van der Waals surface area (Å²) in [6, 6.07) is 0. The Morgan fingerprint density at radius 2 is 1.00 bits per heavy atom. The van der Waals surface area contributed by atoms with Crippen molar-refractivity contribution in [2.75, 3.05) is 0 Å². The van der Waals surface area contributed by atoms with E-state index in [4.69, 9.17) is 0 Å². The SMILES string of the molecule is CC1CC2C=CC=CC2C1[Si](C)(C)C1C(C)CC2C=CC=CC21.[CH3-].[CH3-].[Zr+4]. The summed E-state index contributed by atoms with van der Waals surface area (Å²) in [5.74, 6) is 5.08. The summed E-state index contributed by atoms with van der Waals surface area (Å²) in [4.78, 5) is 0. The van der Waals surface area contributed by atoms with E-state index in [1.54, 1.807) is 0 Å². The van der Waals surface area contributed by atoms with Gasteiger partial charge >= 0.3 is 26.2 Å². The van der Waals surface area contributed by atoms with Crippen LogP contribution in [-0.2, 0) is 26.2 Å². The number of fused-ring (bicyclic) bond motifs is 2. The minimum absolute atomic E-state index is 0. The van der Waals surface area contributed by atoms with Crippen molar-refractivity contribution in [3.05, 3.63) is 63.5 Å². The molecule has 2 fully saturated rings. The van der Waals surface area contributed by atoms with Crippen LogP contribution in [0.25, 0.3) is 0 Å². The van der Waals surface area contributed by atoms with E-state index in [9.17, 15) is 0 Å². The molecular formula is C24H38SiZr+2. The fourth-order valence-corrected chi connectivity index (χ4v) is 13.5. The molecule has 0 aliphatic heterocycles. The van der Waals surface area contributed by atoms with Gasteiger partial charge in [0.1, 0.15) is 0 Å². The van der Waals surface area contributed by atoms with Crippen LogP contribution in [0.15, 0.2) is 48.6 Å². The van der Waals surface area contributed by atoms with Crippen molar-refractivity contribution < 1.29 is 26.2 Å². The molecule has 0 radical (unpaired) electrons. The summed E-state index contributed by atoms with van der Waals surface area (Å²) in [6.45, 7) is 10.6. The van der Waals surface area contributed by atoms with Crippen LogP contribution in [0, 0.1) is 50.4 Å². The number of rotatable bonds is 2. The first kappa shape index (κ1) is 24.1. The van der Waals surface area contributed by atoms with Crippen LogP contribution in [0.3, 0.4) is 0 Å². The van der Waals surface area contributed by atoms with Gasteiger partial charge in [0, 0.05) is 0 Å². The molecule has 26 heavy (non-hydrogen) atoms. The Balaban J connectivity index is 0.00000113. The average Bonchev–Trinajstić information content (AvgIpc) is 3.02. The van der Waals surface area contributed by atoms with E-state index in [-0.39, 0.29) is 41.1 Å². The van der Waals surface area contributed by atoms with Gasteiger partial charge < -0.3 is 14.9 Å². The molecule has 140 valence electrons. The maximum absolute atomic E-state index is 2.73. The van der Waals surface area contributed by atoms with Crippen molar-refractivity contribution in [2.24, 2.45) is 35.5 Å². The molecule has 8 unspecified atom stereocenters. The molecule has 8 atom stereocenters. The van der Waals surface area contributed by atoms with Gasteiger partial charge in [-0.05, 0) is 59.4 Å². The van der Waals surface area contributed by atoms with E-state index in [2.05, 4.69) is 75.5 Å². The Labute approximate surface area is 183 Å². The molecule has 4 aliphatic rings. The first-order valence-electron chi connectivity index (χ1n) is 9.70. The minimum Gasteiger partial charge on any atom is -0.358 e. The first-order chi connectivity index (χ1) is 11.0. The Hall–Kier alpha value is 0.0600. The normalized spacial score (nSPS) is 42.3. The summed E-state index contributed by atoms with van der Waals surface area (Å²) in [7, 11) is -1.35. The largest absolute Gasteiger partial charge is 4.00 e. The standard InChI is InChI=1S/C22H32Si.2CH3.Zr/c1-15-13-17-9-5-7-11-19(17)21(15)23(3,4)22-16(2)14-18-10-6-8-12-20(18)22;;;/h5-12,15-22H,13-14H2,1-4H3;2*1H3;/q;2*-1;+4. The second kappa shape index (κ2) is 9.04. The molecule has 4 rings (SSSR count). The van der Waals surface area contributed by atoms with Gasteiger partial charge in [-0.25, -0.2) is 0 Å². The zero-order chi connectivity index (χ0) is 16.2. The molecule has 0 spiro atoms. The van der Waals surface area contributed by atoms with Gasteiger partial charge in [0.25, 0.3) is 0 Å². The van der Waals surface area contributed by atoms with E-state index in [0.717, 1.165) is 46.6 Å². The maximum atomic E-state index is 2.73. The number of hydrogen-bond acceptors (Lipinski definition) is 0. The van der Waals surface area contributed by atoms with Crippen LogP contribution in [0.5, 0.6) is 0 Å². The van der Waals surface area contributed by atoms with Crippen molar-refractivity contribution in [3.8, 4) is 0 Å². The average molecular weight is 446 g/mol. The van der Waals surface area contributed by atoms with Crippen molar-refractivity contribution in [2.45, 2.75) is 50.9 Å². The van der Waals surface area contributed by atoms with Crippen LogP contribution in [-0.4, -0.2) is 8.07 Å². The zero-order valence-corrected chi connectivity index (χ0v) is 21.1. The predicted octanol–water partition coefficient (Wildman–Crippen LogP) is 7.13. The third-order valence-corrected chi connectivity index (χ3v) is 13.0. The Morgan fingerprint density at radius 1 is 0.654 bits per heavy atom. The first-order valence-corrected chi connectivity index (χ1v) is 12.9. The topological polar surface area (TPSA) is 0 Å². The number of allylic oxidation sites excluding steroid dienone is 8. The molecule has 0 amide bonds. The van der Waals surface area contributed by atoms with Crippen molar-refractivity contribution in [1.29, 1.82) is 0 Å². The van der Waals surface area contributed by atoms with E-state index < -0.39 is 8.07 Å². The molecule has 2 heteroatoms. The second-order valence-corrected chi connectivity index (χ2v) is 14.3. The number of hydrogen-bond donors (Lipinski definition) is 0. The van der Waals surface area contributed by atoms with Gasteiger partial charge in [-0.15, -0.1) is 0 Å². The Kier molecular flexibility index (Phi) is 8.38. The van der Waals surface area contributed by atoms with Gasteiger partial charge in [-0.3, -0.25) is 0 Å². The van der Waals surface area contributed by atoms with Crippen molar-refractivity contribution in [3.63, 3.8) is 0 Å². The summed E-state index contributed by atoms with van der Waals surface area (Å²) < 4.78 is 0. The molecular weight excluding hydrogens is 408 g/mol. The van der Waals surface area contributed by atoms with Crippen LogP contribution in [0.1, 0.15) is 26.7 Å². The minimum atomic E-state index is -1.35. The fraction of sp³-hybridized carbons (Fsp3) is 0.583. The molecule has 0 heterocycles. The van der Waals surface area contributed by atoms with Gasteiger partial charge in [-0.2, -0.15) is 0 Å². The Morgan fingerprint density at radius 3 is 1.38 bits per heavy atom. The molecule has 0 nitrogen and oxygen atoms in total. The summed E-state index contributed by atoms with van der Waals surface area (Å²) in [5.41, 5.74) is 1.92. The van der Waals surface area contributed by atoms with Gasteiger partial charge in [0.2, 0.25) is 0 Å². The van der Waals surface area contributed by atoms with Gasteiger partial charge in [-0.1, -0.05) is 75.5 Å². The smallest absolute Gasteiger partial charge is 0.358 e. The monoisotopic (exact) mass is 444 g/mol. The van der Waals surface area contributed by atoms with E-state index >= 15 is 0 Å². The quantitative estimate of drug-likeness (QED) is 0.313. The van der Waals surface area contributed by atoms with E-state index in [0.29, 0.717) is 0 Å². The third-order valence-electron chi connectivity index (χ3n) is 7.66. The van der Waals surface area contributed by atoms with Crippen LogP contribution in [0.4, 0.5) is 0 Å². The summed E-state index contributed by atoms with van der Waals surface area (Å²) in [5, 5.41) is 0. The van der Waals surface area contributed by atoms with Crippen LogP contribution >= 0.6 is 0 Å².